The first-order valence-electron chi connectivity index (χ1n) is 5.55. The van der Waals surface area contributed by atoms with E-state index in [1.807, 2.05) is 19.3 Å². The maximum Gasteiger partial charge on any atom is 0.268 e. The largest absolute Gasteiger partial charge is 0.467 e. The highest BCUT2D eigenvalue weighted by Crippen LogP contribution is 2.14. The highest BCUT2D eigenvalue weighted by molar-refractivity contribution is 5.94. The van der Waals surface area contributed by atoms with Crippen molar-refractivity contribution in [3.8, 4) is 0 Å². The van der Waals surface area contributed by atoms with Crippen molar-refractivity contribution in [2.75, 3.05) is 6.54 Å². The molecule has 1 rings (SSSR count). The van der Waals surface area contributed by atoms with E-state index in [0.717, 1.165) is 0 Å². The van der Waals surface area contributed by atoms with Crippen LogP contribution in [0.25, 0.3) is 0 Å². The molecule has 0 aliphatic heterocycles. The molecule has 0 aliphatic carbocycles. The van der Waals surface area contributed by atoms with Crippen LogP contribution in [-0.4, -0.2) is 29.3 Å². The van der Waals surface area contributed by atoms with Crippen LogP contribution in [-0.2, 0) is 11.3 Å². The van der Waals surface area contributed by atoms with Gasteiger partial charge in [0.1, 0.15) is 5.76 Å². The molecule has 0 aliphatic rings. The monoisotopic (exact) mass is 254 g/mol. The zero-order valence-corrected chi connectivity index (χ0v) is 10.5. The molecular weight excluding hydrogens is 236 g/mol. The molecule has 0 bridgehead atoms. The Morgan fingerprint density at radius 1 is 1.50 bits per heavy atom. The smallest absolute Gasteiger partial charge is 0.268 e. The summed E-state index contributed by atoms with van der Waals surface area (Å²) in [5, 5.41) is 0. The van der Waals surface area contributed by atoms with Crippen LogP contribution < -0.4 is 17.0 Å². The van der Waals surface area contributed by atoms with Gasteiger partial charge >= 0.3 is 0 Å². The fourth-order valence-corrected chi connectivity index (χ4v) is 1.55. The average molecular weight is 254 g/mol. The maximum atomic E-state index is 11.5. The van der Waals surface area contributed by atoms with Gasteiger partial charge in [0, 0.05) is 6.04 Å². The summed E-state index contributed by atoms with van der Waals surface area (Å²) in [5.74, 6) is 4.67. The van der Waals surface area contributed by atoms with Gasteiger partial charge in [-0.3, -0.25) is 19.9 Å². The molecule has 0 spiro atoms. The van der Waals surface area contributed by atoms with Gasteiger partial charge in [-0.1, -0.05) is 0 Å². The molecule has 1 aromatic rings. The number of carbonyl (C=O) groups excluding carboxylic acids is 2. The van der Waals surface area contributed by atoms with Crippen molar-refractivity contribution in [3.05, 3.63) is 23.7 Å². The molecule has 5 N–H and O–H groups in total. The molecule has 1 aromatic heterocycles. The van der Waals surface area contributed by atoms with Crippen molar-refractivity contribution in [3.63, 3.8) is 0 Å². The Bertz CT molecular complexity index is 428. The van der Waals surface area contributed by atoms with E-state index in [1.54, 1.807) is 4.90 Å². The number of nitrogens with zero attached hydrogens (tertiary/aromatic N) is 1. The first-order valence-corrected chi connectivity index (χ1v) is 5.55. The topological polar surface area (TPSA) is 115 Å². The standard InChI is InChI=1S/C11H18N4O3/c1-7(2)15(6-10(12)16)5-9-8(3-4-18-9)11(17)14-13/h3-4,7H,5-6,13H2,1-2H3,(H2,12,16)(H,14,17). The van der Waals surface area contributed by atoms with Crippen LogP contribution in [0.3, 0.4) is 0 Å². The Kier molecular flexibility index (Phi) is 4.87. The number of rotatable bonds is 6. The second kappa shape index (κ2) is 6.18. The summed E-state index contributed by atoms with van der Waals surface area (Å²) in [7, 11) is 0. The predicted molar refractivity (Wildman–Crippen MR) is 65.1 cm³/mol. The fraction of sp³-hybridized carbons (Fsp3) is 0.455. The van der Waals surface area contributed by atoms with E-state index in [2.05, 4.69) is 0 Å². The number of nitrogens with two attached hydrogens (primary N) is 2. The minimum absolute atomic E-state index is 0.0939. The minimum atomic E-state index is -0.430. The number of hydrogen-bond acceptors (Lipinski definition) is 5. The lowest BCUT2D eigenvalue weighted by molar-refractivity contribution is -0.119. The van der Waals surface area contributed by atoms with E-state index >= 15 is 0 Å². The first kappa shape index (κ1) is 14.2. The van der Waals surface area contributed by atoms with Crippen LogP contribution in [0.15, 0.2) is 16.7 Å². The quantitative estimate of drug-likeness (QED) is 0.362. The summed E-state index contributed by atoms with van der Waals surface area (Å²) in [6.07, 6.45) is 1.41. The number of carbonyl (C=O) groups is 2. The summed E-state index contributed by atoms with van der Waals surface area (Å²) < 4.78 is 5.24. The number of nitrogens with one attached hydrogen (secondary N) is 1. The second-order valence-corrected chi connectivity index (χ2v) is 4.20. The molecule has 0 unspecified atom stereocenters. The third-order valence-electron chi connectivity index (χ3n) is 2.56. The summed E-state index contributed by atoms with van der Waals surface area (Å²) in [5.41, 5.74) is 7.57. The Labute approximate surface area is 105 Å². The molecule has 2 amide bonds. The molecule has 100 valence electrons. The summed E-state index contributed by atoms with van der Waals surface area (Å²) in [6.45, 7) is 4.27. The molecule has 1 heterocycles. The number of hydrogen-bond donors (Lipinski definition) is 3. The number of nitrogen functional groups attached to an aromatic ring is 1. The van der Waals surface area contributed by atoms with Crippen molar-refractivity contribution in [1.82, 2.24) is 10.3 Å². The van der Waals surface area contributed by atoms with E-state index in [4.69, 9.17) is 16.0 Å². The summed E-state index contributed by atoms with van der Waals surface area (Å²) in [4.78, 5) is 24.2. The number of primary amides is 1. The summed E-state index contributed by atoms with van der Waals surface area (Å²) in [6, 6.07) is 1.62. The van der Waals surface area contributed by atoms with Gasteiger partial charge in [-0.25, -0.2) is 5.84 Å². The molecule has 0 saturated carbocycles. The Morgan fingerprint density at radius 3 is 2.67 bits per heavy atom. The molecular formula is C11H18N4O3. The maximum absolute atomic E-state index is 11.5. The molecule has 7 heteroatoms. The zero-order valence-electron chi connectivity index (χ0n) is 10.5. The van der Waals surface area contributed by atoms with Crippen molar-refractivity contribution < 1.29 is 14.0 Å². The highest BCUT2D eigenvalue weighted by atomic mass is 16.3. The van der Waals surface area contributed by atoms with Crippen LogP contribution in [0, 0.1) is 0 Å². The van der Waals surface area contributed by atoms with Gasteiger partial charge in [-0.2, -0.15) is 0 Å². The van der Waals surface area contributed by atoms with Gasteiger partial charge < -0.3 is 10.2 Å². The van der Waals surface area contributed by atoms with Crippen molar-refractivity contribution in [1.29, 1.82) is 0 Å². The van der Waals surface area contributed by atoms with Crippen molar-refractivity contribution in [2.45, 2.75) is 26.4 Å². The molecule has 7 nitrogen and oxygen atoms in total. The third kappa shape index (κ3) is 3.57. The molecule has 0 atom stereocenters. The molecule has 0 radical (unpaired) electrons. The normalized spacial score (nSPS) is 10.9. The average Bonchev–Trinajstić information content (AvgIpc) is 2.74. The number of furan rings is 1. The number of amides is 2. The molecule has 0 fully saturated rings. The van der Waals surface area contributed by atoms with E-state index in [-0.39, 0.29) is 12.6 Å². The first-order chi connectivity index (χ1) is 8.45. The van der Waals surface area contributed by atoms with Crippen LogP contribution in [0.5, 0.6) is 0 Å². The lowest BCUT2D eigenvalue weighted by Crippen LogP contribution is -2.38. The second-order valence-electron chi connectivity index (χ2n) is 4.20. The SMILES string of the molecule is CC(C)N(CC(N)=O)Cc1occc1C(=O)NN. The Morgan fingerprint density at radius 2 is 2.17 bits per heavy atom. The molecule has 0 saturated heterocycles. The van der Waals surface area contributed by atoms with Crippen molar-refractivity contribution >= 4 is 11.8 Å². The predicted octanol–water partition coefficient (Wildman–Crippen LogP) is -0.421. The van der Waals surface area contributed by atoms with E-state index < -0.39 is 11.8 Å². The van der Waals surface area contributed by atoms with Gasteiger partial charge in [-0.15, -0.1) is 0 Å². The van der Waals surface area contributed by atoms with Gasteiger partial charge in [0.05, 0.1) is 24.9 Å². The van der Waals surface area contributed by atoms with Crippen LogP contribution in [0.4, 0.5) is 0 Å². The molecule has 0 aromatic carbocycles. The van der Waals surface area contributed by atoms with Gasteiger partial charge in [0.15, 0.2) is 0 Å². The van der Waals surface area contributed by atoms with E-state index in [1.165, 1.54) is 12.3 Å². The van der Waals surface area contributed by atoms with Crippen LogP contribution in [0.1, 0.15) is 30.0 Å². The van der Waals surface area contributed by atoms with E-state index in [0.29, 0.717) is 17.9 Å². The van der Waals surface area contributed by atoms with Gasteiger partial charge in [0.25, 0.3) is 5.91 Å². The lowest BCUT2D eigenvalue weighted by Gasteiger charge is -2.24. The fourth-order valence-electron chi connectivity index (χ4n) is 1.55. The zero-order chi connectivity index (χ0) is 13.7. The Balaban J connectivity index is 2.84. The van der Waals surface area contributed by atoms with Gasteiger partial charge in [0.2, 0.25) is 5.91 Å². The highest BCUT2D eigenvalue weighted by Gasteiger charge is 2.19. The summed E-state index contributed by atoms with van der Waals surface area (Å²) >= 11 is 0. The third-order valence-corrected chi connectivity index (χ3v) is 2.56. The van der Waals surface area contributed by atoms with Crippen molar-refractivity contribution in [2.24, 2.45) is 11.6 Å². The van der Waals surface area contributed by atoms with Crippen LogP contribution >= 0.6 is 0 Å². The van der Waals surface area contributed by atoms with E-state index in [9.17, 15) is 9.59 Å². The number of hydrazine groups is 1. The minimum Gasteiger partial charge on any atom is -0.467 e. The van der Waals surface area contributed by atoms with Gasteiger partial charge in [-0.05, 0) is 19.9 Å². The Hall–Kier alpha value is -1.86. The van der Waals surface area contributed by atoms with Crippen LogP contribution in [0.2, 0.25) is 0 Å². The lowest BCUT2D eigenvalue weighted by atomic mass is 10.2. The molecule has 18 heavy (non-hydrogen) atoms.